The maximum Gasteiger partial charge on any atom is 0.339 e. The maximum atomic E-state index is 12.9. The van der Waals surface area contributed by atoms with Crippen LogP contribution in [0.3, 0.4) is 0 Å². The van der Waals surface area contributed by atoms with Crippen LogP contribution < -0.4 is 9.47 Å². The van der Waals surface area contributed by atoms with Crippen LogP contribution in [0.5, 0.6) is 11.5 Å². The van der Waals surface area contributed by atoms with E-state index in [1.54, 1.807) is 18.2 Å². The lowest BCUT2D eigenvalue weighted by atomic mass is 10.0. The molecule has 5 rings (SSSR count). The fourth-order valence-corrected chi connectivity index (χ4v) is 3.95. The number of para-hydroxylation sites is 1. The second-order valence-electron chi connectivity index (χ2n) is 7.14. The van der Waals surface area contributed by atoms with Gasteiger partial charge in [-0.15, -0.1) is 0 Å². The van der Waals surface area contributed by atoms with Crippen molar-refractivity contribution >= 4 is 22.7 Å². The van der Waals surface area contributed by atoms with E-state index in [4.69, 9.17) is 14.2 Å². The van der Waals surface area contributed by atoms with Gasteiger partial charge in [0.2, 0.25) is 0 Å². The van der Waals surface area contributed by atoms with Crippen LogP contribution in [0.1, 0.15) is 38.4 Å². The number of esters is 1. The van der Waals surface area contributed by atoms with E-state index >= 15 is 0 Å². The highest BCUT2D eigenvalue weighted by Crippen LogP contribution is 2.32. The number of carbonyl (C=O) groups is 2. The van der Waals surface area contributed by atoms with E-state index in [-0.39, 0.29) is 12.4 Å². The molecule has 0 spiro atoms. The Kier molecular flexibility index (Phi) is 4.39. The van der Waals surface area contributed by atoms with Crippen molar-refractivity contribution in [3.8, 4) is 11.5 Å². The van der Waals surface area contributed by atoms with Gasteiger partial charge in [-0.25, -0.2) is 4.79 Å². The van der Waals surface area contributed by atoms with Crippen LogP contribution in [0, 0.1) is 0 Å². The molecular weight excluding hydrogens is 370 g/mol. The van der Waals surface area contributed by atoms with Crippen molar-refractivity contribution in [1.82, 2.24) is 4.98 Å². The number of rotatable bonds is 4. The molecule has 0 radical (unpaired) electrons. The quantitative estimate of drug-likeness (QED) is 0.502. The molecule has 2 heterocycles. The number of hydrogen-bond acceptors (Lipinski definition) is 6. The van der Waals surface area contributed by atoms with E-state index in [0.717, 1.165) is 41.4 Å². The zero-order valence-electron chi connectivity index (χ0n) is 15.8. The van der Waals surface area contributed by atoms with E-state index in [9.17, 15) is 9.59 Å². The van der Waals surface area contributed by atoms with Gasteiger partial charge < -0.3 is 14.2 Å². The molecule has 3 aromatic rings. The van der Waals surface area contributed by atoms with Crippen molar-refractivity contribution in [2.75, 3.05) is 19.8 Å². The maximum absolute atomic E-state index is 12.9. The lowest BCUT2D eigenvalue weighted by Gasteiger charge is -2.18. The monoisotopic (exact) mass is 389 g/mol. The molecule has 29 heavy (non-hydrogen) atoms. The number of Topliss-reactive ketones (excluding diaryl/α,β-unsaturated/α-hetero) is 1. The van der Waals surface area contributed by atoms with Gasteiger partial charge >= 0.3 is 5.97 Å². The fourth-order valence-electron chi connectivity index (χ4n) is 3.95. The number of ether oxygens (including phenoxy) is 3. The van der Waals surface area contributed by atoms with Crippen LogP contribution in [0.25, 0.3) is 10.9 Å². The predicted octanol–water partition coefficient (Wildman–Crippen LogP) is 3.53. The molecule has 1 aliphatic heterocycles. The lowest BCUT2D eigenvalue weighted by Crippen LogP contribution is -2.18. The van der Waals surface area contributed by atoms with Gasteiger partial charge in [-0.05, 0) is 49.1 Å². The average Bonchev–Trinajstić information content (AvgIpc) is 3.23. The van der Waals surface area contributed by atoms with E-state index in [1.165, 1.54) is 0 Å². The van der Waals surface area contributed by atoms with Gasteiger partial charge in [0, 0.05) is 16.6 Å². The summed E-state index contributed by atoms with van der Waals surface area (Å²) in [5.74, 6) is 0.382. The number of ketones is 1. The molecule has 0 atom stereocenters. The Morgan fingerprint density at radius 2 is 1.83 bits per heavy atom. The van der Waals surface area contributed by atoms with Gasteiger partial charge in [-0.1, -0.05) is 18.2 Å². The van der Waals surface area contributed by atoms with Crippen LogP contribution >= 0.6 is 0 Å². The number of aryl methyl sites for hydroxylation is 1. The van der Waals surface area contributed by atoms with Crippen molar-refractivity contribution in [3.05, 3.63) is 64.8 Å². The first-order valence-corrected chi connectivity index (χ1v) is 9.71. The van der Waals surface area contributed by atoms with Crippen LogP contribution in [-0.4, -0.2) is 36.6 Å². The smallest absolute Gasteiger partial charge is 0.339 e. The minimum atomic E-state index is -0.479. The number of carbonyl (C=O) groups excluding carboxylic acids is 2. The third-order valence-electron chi connectivity index (χ3n) is 5.32. The highest BCUT2D eigenvalue weighted by atomic mass is 16.6. The molecule has 6 nitrogen and oxygen atoms in total. The van der Waals surface area contributed by atoms with Crippen molar-refractivity contribution in [2.24, 2.45) is 0 Å². The predicted molar refractivity (Wildman–Crippen MR) is 106 cm³/mol. The number of fused-ring (bicyclic) bond motifs is 3. The van der Waals surface area contributed by atoms with Crippen molar-refractivity contribution < 1.29 is 23.8 Å². The van der Waals surface area contributed by atoms with Crippen molar-refractivity contribution in [3.63, 3.8) is 0 Å². The Morgan fingerprint density at radius 3 is 2.72 bits per heavy atom. The van der Waals surface area contributed by atoms with Crippen LogP contribution in [-0.2, 0) is 17.6 Å². The highest BCUT2D eigenvalue weighted by molar-refractivity contribution is 6.06. The first kappa shape index (κ1) is 17.7. The fraction of sp³-hybridized carbons (Fsp3) is 0.261. The molecular formula is C23H19NO5. The Balaban J connectivity index is 1.38. The number of nitrogens with zero attached hydrogens (tertiary/aromatic N) is 1. The Morgan fingerprint density at radius 1 is 1.00 bits per heavy atom. The molecule has 0 unspecified atom stereocenters. The highest BCUT2D eigenvalue weighted by Gasteiger charge is 2.25. The van der Waals surface area contributed by atoms with Gasteiger partial charge in [-0.2, -0.15) is 0 Å². The summed E-state index contributed by atoms with van der Waals surface area (Å²) in [5, 5.41) is 0.768. The summed E-state index contributed by atoms with van der Waals surface area (Å²) >= 11 is 0. The Hall–Kier alpha value is -3.41. The number of aromatic nitrogens is 1. The molecule has 0 saturated carbocycles. The molecule has 0 bridgehead atoms. The molecule has 0 fully saturated rings. The molecule has 146 valence electrons. The summed E-state index contributed by atoms with van der Waals surface area (Å²) in [5.41, 5.74) is 3.64. The molecule has 1 aromatic heterocycles. The minimum Gasteiger partial charge on any atom is -0.486 e. The largest absolute Gasteiger partial charge is 0.486 e. The van der Waals surface area contributed by atoms with Crippen LogP contribution in [0.15, 0.2) is 42.5 Å². The van der Waals surface area contributed by atoms with Gasteiger partial charge in [0.1, 0.15) is 13.2 Å². The SMILES string of the molecule is O=C(COC(=O)c1c2c(nc3ccccc13)CCC2)c1ccc2c(c1)OCCO2. The minimum absolute atomic E-state index is 0.287. The summed E-state index contributed by atoms with van der Waals surface area (Å²) < 4.78 is 16.4. The molecule has 2 aliphatic rings. The molecule has 0 amide bonds. The molecule has 0 N–H and O–H groups in total. The molecule has 0 saturated heterocycles. The van der Waals surface area contributed by atoms with Gasteiger partial charge in [0.25, 0.3) is 0 Å². The molecule has 1 aliphatic carbocycles. The summed E-state index contributed by atoms with van der Waals surface area (Å²) in [6, 6.07) is 12.5. The summed E-state index contributed by atoms with van der Waals surface area (Å²) in [4.78, 5) is 30.2. The van der Waals surface area contributed by atoms with E-state index in [1.807, 2.05) is 24.3 Å². The van der Waals surface area contributed by atoms with Crippen LogP contribution in [0.4, 0.5) is 0 Å². The number of hydrogen-bond donors (Lipinski definition) is 0. The zero-order valence-corrected chi connectivity index (χ0v) is 15.8. The first-order valence-electron chi connectivity index (χ1n) is 9.71. The third-order valence-corrected chi connectivity index (χ3v) is 5.32. The van der Waals surface area contributed by atoms with Gasteiger partial charge in [0.05, 0.1) is 11.1 Å². The first-order chi connectivity index (χ1) is 14.2. The van der Waals surface area contributed by atoms with E-state index < -0.39 is 5.97 Å². The normalized spacial score (nSPS) is 14.5. The van der Waals surface area contributed by atoms with Gasteiger partial charge in [-0.3, -0.25) is 9.78 Å². The Bertz CT molecular complexity index is 1140. The average molecular weight is 389 g/mol. The van der Waals surface area contributed by atoms with E-state index in [2.05, 4.69) is 4.98 Å². The van der Waals surface area contributed by atoms with E-state index in [0.29, 0.717) is 35.8 Å². The van der Waals surface area contributed by atoms with Crippen LogP contribution in [0.2, 0.25) is 0 Å². The summed E-state index contributed by atoms with van der Waals surface area (Å²) in [7, 11) is 0. The molecule has 2 aromatic carbocycles. The Labute approximate surface area is 167 Å². The number of pyridine rings is 1. The molecule has 6 heteroatoms. The summed E-state index contributed by atoms with van der Waals surface area (Å²) in [6.07, 6.45) is 2.62. The van der Waals surface area contributed by atoms with Gasteiger partial charge in [0.15, 0.2) is 23.9 Å². The number of benzene rings is 2. The lowest BCUT2D eigenvalue weighted by molar-refractivity contribution is 0.0475. The second kappa shape index (κ2) is 7.20. The van der Waals surface area contributed by atoms with Crippen molar-refractivity contribution in [2.45, 2.75) is 19.3 Å². The topological polar surface area (TPSA) is 74.7 Å². The zero-order chi connectivity index (χ0) is 19.8. The van der Waals surface area contributed by atoms with Crippen molar-refractivity contribution in [1.29, 1.82) is 0 Å². The third kappa shape index (κ3) is 3.20. The second-order valence-corrected chi connectivity index (χ2v) is 7.14. The summed E-state index contributed by atoms with van der Waals surface area (Å²) in [6.45, 7) is 0.603. The standard InChI is InChI=1S/C23H19NO5/c25-19(14-8-9-20-21(12-14)28-11-10-27-20)13-29-23(26)22-15-4-1-2-6-17(15)24-18-7-3-5-16(18)22/h1-2,4,6,8-9,12H,3,5,7,10-11,13H2.